The number of benzene rings is 1. The number of aryl methyl sites for hydroxylation is 1. The van der Waals surface area contributed by atoms with E-state index in [4.69, 9.17) is 5.73 Å². The molecule has 2 aromatic rings. The third-order valence-corrected chi connectivity index (χ3v) is 4.08. The smallest absolute Gasteiger partial charge is 0.0483 e. The van der Waals surface area contributed by atoms with Crippen LogP contribution >= 0.6 is 0 Å². The summed E-state index contributed by atoms with van der Waals surface area (Å²) in [7, 11) is 2.16. The van der Waals surface area contributed by atoms with E-state index in [1.807, 2.05) is 0 Å². The quantitative estimate of drug-likeness (QED) is 0.897. The van der Waals surface area contributed by atoms with Crippen LogP contribution < -0.4 is 5.73 Å². The lowest BCUT2D eigenvalue weighted by molar-refractivity contribution is 0.324. The van der Waals surface area contributed by atoms with Gasteiger partial charge >= 0.3 is 0 Å². The van der Waals surface area contributed by atoms with Gasteiger partial charge in [0.15, 0.2) is 0 Å². The molecule has 1 aromatic carbocycles. The molecule has 0 spiro atoms. The van der Waals surface area contributed by atoms with Gasteiger partial charge in [-0.1, -0.05) is 12.1 Å². The van der Waals surface area contributed by atoms with Crippen molar-refractivity contribution in [1.29, 1.82) is 0 Å². The van der Waals surface area contributed by atoms with Crippen molar-refractivity contribution in [2.75, 3.05) is 13.1 Å². The number of aromatic nitrogens is 1. The molecule has 0 bridgehead atoms. The molecule has 1 aliphatic rings. The predicted molar refractivity (Wildman–Crippen MR) is 75.3 cm³/mol. The SMILES string of the molecule is Cn1c(CN2CCCC2)cc2c(CN)cccc21. The Morgan fingerprint density at radius 3 is 2.72 bits per heavy atom. The van der Waals surface area contributed by atoms with Crippen LogP contribution in [0.1, 0.15) is 24.1 Å². The van der Waals surface area contributed by atoms with E-state index in [0.29, 0.717) is 6.54 Å². The fourth-order valence-electron chi connectivity index (χ4n) is 2.98. The summed E-state index contributed by atoms with van der Waals surface area (Å²) in [4.78, 5) is 2.54. The van der Waals surface area contributed by atoms with Crippen molar-refractivity contribution in [2.24, 2.45) is 12.8 Å². The average Bonchev–Trinajstić information content (AvgIpc) is 3.00. The van der Waals surface area contributed by atoms with E-state index < -0.39 is 0 Å². The summed E-state index contributed by atoms with van der Waals surface area (Å²) in [6.45, 7) is 4.16. The first-order chi connectivity index (χ1) is 8.79. The Morgan fingerprint density at radius 1 is 1.22 bits per heavy atom. The van der Waals surface area contributed by atoms with Crippen LogP contribution in [0.25, 0.3) is 10.9 Å². The Bertz CT molecular complexity index is 550. The number of hydrogen-bond acceptors (Lipinski definition) is 2. The Kier molecular flexibility index (Phi) is 3.10. The Balaban J connectivity index is 1.99. The van der Waals surface area contributed by atoms with Crippen LogP contribution in [-0.4, -0.2) is 22.6 Å². The normalized spacial score (nSPS) is 16.8. The zero-order valence-corrected chi connectivity index (χ0v) is 11.0. The average molecular weight is 243 g/mol. The minimum atomic E-state index is 0.616. The Morgan fingerprint density at radius 2 is 2.00 bits per heavy atom. The second-order valence-electron chi connectivity index (χ2n) is 5.23. The summed E-state index contributed by atoms with van der Waals surface area (Å²) < 4.78 is 2.31. The van der Waals surface area contributed by atoms with Crippen LogP contribution in [0.5, 0.6) is 0 Å². The lowest BCUT2D eigenvalue weighted by atomic mass is 10.1. The van der Waals surface area contributed by atoms with Gasteiger partial charge in [-0.25, -0.2) is 0 Å². The maximum absolute atomic E-state index is 5.82. The number of hydrogen-bond donors (Lipinski definition) is 1. The molecule has 18 heavy (non-hydrogen) atoms. The van der Waals surface area contributed by atoms with Crippen molar-refractivity contribution in [1.82, 2.24) is 9.47 Å². The minimum Gasteiger partial charge on any atom is -0.346 e. The molecule has 96 valence electrons. The summed E-state index contributed by atoms with van der Waals surface area (Å²) >= 11 is 0. The van der Waals surface area contributed by atoms with Gasteiger partial charge < -0.3 is 10.3 Å². The molecular formula is C15H21N3. The minimum absolute atomic E-state index is 0.616. The Hall–Kier alpha value is -1.32. The fraction of sp³-hybridized carbons (Fsp3) is 0.467. The number of rotatable bonds is 3. The van der Waals surface area contributed by atoms with E-state index in [-0.39, 0.29) is 0 Å². The van der Waals surface area contributed by atoms with Crippen molar-refractivity contribution in [3.63, 3.8) is 0 Å². The first-order valence-electron chi connectivity index (χ1n) is 6.78. The molecule has 1 fully saturated rings. The maximum Gasteiger partial charge on any atom is 0.0483 e. The standard InChI is InChI=1S/C15H21N3/c1-17-13(11-18-7-2-3-8-18)9-14-12(10-16)5-4-6-15(14)17/h4-6,9H,2-3,7-8,10-11,16H2,1H3. The molecule has 0 atom stereocenters. The topological polar surface area (TPSA) is 34.2 Å². The van der Waals surface area contributed by atoms with E-state index in [2.05, 4.69) is 40.8 Å². The van der Waals surface area contributed by atoms with Crippen molar-refractivity contribution < 1.29 is 0 Å². The van der Waals surface area contributed by atoms with Gasteiger partial charge in [0, 0.05) is 36.7 Å². The largest absolute Gasteiger partial charge is 0.346 e. The second-order valence-corrected chi connectivity index (χ2v) is 5.23. The third-order valence-electron chi connectivity index (χ3n) is 4.08. The molecule has 1 aliphatic heterocycles. The molecule has 0 saturated carbocycles. The van der Waals surface area contributed by atoms with E-state index in [1.54, 1.807) is 0 Å². The van der Waals surface area contributed by atoms with Crippen molar-refractivity contribution >= 4 is 10.9 Å². The van der Waals surface area contributed by atoms with Crippen LogP contribution in [0.15, 0.2) is 24.3 Å². The molecule has 3 rings (SSSR count). The number of fused-ring (bicyclic) bond motifs is 1. The van der Waals surface area contributed by atoms with Gasteiger partial charge in [0.05, 0.1) is 0 Å². The lowest BCUT2D eigenvalue weighted by Gasteiger charge is -2.14. The number of nitrogens with two attached hydrogens (primary N) is 1. The maximum atomic E-state index is 5.82. The zero-order chi connectivity index (χ0) is 12.5. The highest BCUT2D eigenvalue weighted by Gasteiger charge is 2.15. The van der Waals surface area contributed by atoms with Crippen molar-refractivity contribution in [2.45, 2.75) is 25.9 Å². The summed E-state index contributed by atoms with van der Waals surface area (Å²) in [6, 6.07) is 8.73. The first-order valence-corrected chi connectivity index (χ1v) is 6.78. The zero-order valence-electron chi connectivity index (χ0n) is 11.0. The van der Waals surface area contributed by atoms with Crippen LogP contribution in [0.3, 0.4) is 0 Å². The van der Waals surface area contributed by atoms with Crippen LogP contribution in [0.4, 0.5) is 0 Å². The Labute approximate surface area is 108 Å². The highest BCUT2D eigenvalue weighted by atomic mass is 15.2. The van der Waals surface area contributed by atoms with Gasteiger partial charge in [-0.05, 0) is 43.6 Å². The molecule has 3 nitrogen and oxygen atoms in total. The molecule has 3 heteroatoms. The summed E-state index contributed by atoms with van der Waals surface area (Å²) in [6.07, 6.45) is 2.69. The fourth-order valence-corrected chi connectivity index (χ4v) is 2.98. The molecule has 0 radical (unpaired) electrons. The molecule has 0 amide bonds. The first kappa shape index (κ1) is 11.8. The van der Waals surface area contributed by atoms with Gasteiger partial charge in [0.1, 0.15) is 0 Å². The molecule has 1 aromatic heterocycles. The lowest BCUT2D eigenvalue weighted by Crippen LogP contribution is -2.19. The van der Waals surface area contributed by atoms with Gasteiger partial charge in [0.25, 0.3) is 0 Å². The highest BCUT2D eigenvalue weighted by Crippen LogP contribution is 2.24. The molecule has 0 unspecified atom stereocenters. The monoisotopic (exact) mass is 243 g/mol. The molecule has 2 N–H and O–H groups in total. The van der Waals surface area contributed by atoms with Crippen LogP contribution in [0, 0.1) is 0 Å². The van der Waals surface area contributed by atoms with E-state index in [9.17, 15) is 0 Å². The third kappa shape index (κ3) is 1.93. The van der Waals surface area contributed by atoms with Crippen molar-refractivity contribution in [3.8, 4) is 0 Å². The molecular weight excluding hydrogens is 222 g/mol. The van der Waals surface area contributed by atoms with Gasteiger partial charge in [0.2, 0.25) is 0 Å². The summed E-state index contributed by atoms with van der Waals surface area (Å²) in [5.41, 5.74) is 9.76. The summed E-state index contributed by atoms with van der Waals surface area (Å²) in [5, 5.41) is 1.32. The predicted octanol–water partition coefficient (Wildman–Crippen LogP) is 2.23. The van der Waals surface area contributed by atoms with Crippen LogP contribution in [-0.2, 0) is 20.1 Å². The van der Waals surface area contributed by atoms with Crippen LogP contribution in [0.2, 0.25) is 0 Å². The number of nitrogens with zero attached hydrogens (tertiary/aromatic N) is 2. The molecule has 1 saturated heterocycles. The van der Waals surface area contributed by atoms with Gasteiger partial charge in [-0.2, -0.15) is 0 Å². The van der Waals surface area contributed by atoms with Gasteiger partial charge in [-0.15, -0.1) is 0 Å². The second kappa shape index (κ2) is 4.75. The van der Waals surface area contributed by atoms with E-state index in [1.165, 1.54) is 48.1 Å². The molecule has 2 heterocycles. The molecule has 0 aliphatic carbocycles. The van der Waals surface area contributed by atoms with Gasteiger partial charge in [-0.3, -0.25) is 4.90 Å². The van der Waals surface area contributed by atoms with Crippen molar-refractivity contribution in [3.05, 3.63) is 35.5 Å². The van der Waals surface area contributed by atoms with E-state index in [0.717, 1.165) is 6.54 Å². The number of likely N-dealkylation sites (tertiary alicyclic amines) is 1. The highest BCUT2D eigenvalue weighted by molar-refractivity contribution is 5.84. The van der Waals surface area contributed by atoms with E-state index >= 15 is 0 Å². The summed E-state index contributed by atoms with van der Waals surface area (Å²) in [5.74, 6) is 0.